The summed E-state index contributed by atoms with van der Waals surface area (Å²) in [6.45, 7) is 6.27. The van der Waals surface area contributed by atoms with E-state index in [1.807, 2.05) is 6.07 Å². The maximum absolute atomic E-state index is 11.6. The molecule has 0 aliphatic rings. The monoisotopic (exact) mass is 269 g/mol. The van der Waals surface area contributed by atoms with Crippen molar-refractivity contribution in [1.29, 1.82) is 0 Å². The molecule has 1 aromatic heterocycles. The normalized spacial score (nSPS) is 11.8. The van der Waals surface area contributed by atoms with Gasteiger partial charge in [0, 0.05) is 16.5 Å². The van der Waals surface area contributed by atoms with Crippen LogP contribution >= 0.6 is 23.6 Å². The Bertz CT molecular complexity index is 456. The van der Waals surface area contributed by atoms with E-state index in [1.165, 1.54) is 30.0 Å². The van der Waals surface area contributed by atoms with E-state index in [0.29, 0.717) is 10.6 Å². The third-order valence-electron chi connectivity index (χ3n) is 2.10. The first kappa shape index (κ1) is 14.0. The fourth-order valence-corrected chi connectivity index (χ4v) is 2.34. The second-order valence-corrected chi connectivity index (χ2v) is 5.81. The summed E-state index contributed by atoms with van der Waals surface area (Å²) >= 11 is 6.10. The molecule has 0 N–H and O–H groups in total. The van der Waals surface area contributed by atoms with Gasteiger partial charge in [0.05, 0.1) is 12.8 Å². The van der Waals surface area contributed by atoms with Gasteiger partial charge in [-0.3, -0.25) is 4.99 Å². The Labute approximate surface area is 111 Å². The highest BCUT2D eigenvalue weighted by atomic mass is 32.1. The predicted octanol–water partition coefficient (Wildman–Crippen LogP) is 3.53. The van der Waals surface area contributed by atoms with Gasteiger partial charge in [0.25, 0.3) is 0 Å². The van der Waals surface area contributed by atoms with Gasteiger partial charge >= 0.3 is 5.97 Å². The van der Waals surface area contributed by atoms with Crippen LogP contribution in [0.4, 0.5) is 5.69 Å². The van der Waals surface area contributed by atoms with Gasteiger partial charge in [-0.1, -0.05) is 33.0 Å². The Morgan fingerprint density at radius 1 is 1.53 bits per heavy atom. The topological polar surface area (TPSA) is 38.7 Å². The first-order valence-electron chi connectivity index (χ1n) is 5.10. The number of rotatable bonds is 3. The lowest BCUT2D eigenvalue weighted by atomic mass is 9.95. The summed E-state index contributed by atoms with van der Waals surface area (Å²) < 4.78 is 4.74. The van der Waals surface area contributed by atoms with Crippen molar-refractivity contribution in [1.82, 2.24) is 0 Å². The van der Waals surface area contributed by atoms with E-state index < -0.39 is 0 Å². The number of carbonyl (C=O) groups excluding carboxylic acids is 1. The third-order valence-corrected chi connectivity index (χ3v) is 3.75. The molecule has 5 heteroatoms. The standard InChI is InChI=1S/C12H15NO2S2/c1-12(2,3)9-7-8(13-5-6-16)10(17-9)11(14)15-4/h5-7H,1-4H3. The van der Waals surface area contributed by atoms with Gasteiger partial charge in [0.15, 0.2) is 0 Å². The fourth-order valence-electron chi connectivity index (χ4n) is 1.20. The van der Waals surface area contributed by atoms with Gasteiger partial charge in [-0.15, -0.1) is 11.3 Å². The number of ether oxygens (including phenoxy) is 1. The molecule has 0 bridgehead atoms. The summed E-state index contributed by atoms with van der Waals surface area (Å²) in [7, 11) is 1.37. The van der Waals surface area contributed by atoms with E-state index in [0.717, 1.165) is 4.88 Å². The maximum Gasteiger partial charge on any atom is 0.350 e. The van der Waals surface area contributed by atoms with E-state index in [2.05, 4.69) is 38.0 Å². The average molecular weight is 269 g/mol. The molecule has 0 unspecified atom stereocenters. The Hall–Kier alpha value is -1.07. The van der Waals surface area contributed by atoms with Crippen molar-refractivity contribution in [2.45, 2.75) is 26.2 Å². The summed E-state index contributed by atoms with van der Waals surface area (Å²) in [4.78, 5) is 17.4. The molecule has 0 saturated carbocycles. The Morgan fingerprint density at radius 2 is 2.18 bits per heavy atom. The zero-order valence-electron chi connectivity index (χ0n) is 10.3. The minimum atomic E-state index is -0.359. The van der Waals surface area contributed by atoms with Crippen LogP contribution in [-0.4, -0.2) is 24.7 Å². The molecular formula is C12H15NO2S2. The zero-order valence-corrected chi connectivity index (χ0v) is 11.9. The average Bonchev–Trinajstić information content (AvgIpc) is 2.68. The van der Waals surface area contributed by atoms with Crippen LogP contribution < -0.4 is 0 Å². The van der Waals surface area contributed by atoms with Gasteiger partial charge in [-0.2, -0.15) is 0 Å². The summed E-state index contributed by atoms with van der Waals surface area (Å²) in [6.07, 6.45) is 1.50. The van der Waals surface area contributed by atoms with E-state index in [-0.39, 0.29) is 11.4 Å². The molecule has 0 spiro atoms. The predicted molar refractivity (Wildman–Crippen MR) is 76.2 cm³/mol. The minimum absolute atomic E-state index is 0.0150. The Balaban J connectivity index is 3.26. The van der Waals surface area contributed by atoms with Crippen LogP contribution in [0.3, 0.4) is 0 Å². The number of nitrogens with zero attached hydrogens (tertiary/aromatic N) is 1. The second kappa shape index (κ2) is 5.51. The highest BCUT2D eigenvalue weighted by Crippen LogP contribution is 2.37. The highest BCUT2D eigenvalue weighted by Gasteiger charge is 2.22. The molecule has 0 fully saturated rings. The summed E-state index contributed by atoms with van der Waals surface area (Å²) in [5.74, 6) is -0.359. The van der Waals surface area contributed by atoms with Crippen LogP contribution in [0, 0.1) is 0 Å². The first-order valence-corrected chi connectivity index (χ1v) is 6.39. The molecule has 0 aliphatic heterocycles. The quantitative estimate of drug-likeness (QED) is 0.478. The first-order chi connectivity index (χ1) is 7.90. The molecule has 0 amide bonds. The number of thiocarbonyl (C=S) groups is 1. The van der Waals surface area contributed by atoms with Gasteiger partial charge in [0.2, 0.25) is 0 Å². The molecule has 0 radical (unpaired) electrons. The number of hydrogen-bond acceptors (Lipinski definition) is 5. The minimum Gasteiger partial charge on any atom is -0.465 e. The van der Waals surface area contributed by atoms with Crippen molar-refractivity contribution in [3.8, 4) is 0 Å². The molecule has 1 rings (SSSR count). The summed E-state index contributed by atoms with van der Waals surface area (Å²) in [6, 6.07) is 1.91. The van der Waals surface area contributed by atoms with Gasteiger partial charge < -0.3 is 4.74 Å². The number of carbonyl (C=O) groups is 1. The van der Waals surface area contributed by atoms with Crippen molar-refractivity contribution in [2.24, 2.45) is 4.99 Å². The molecule has 17 heavy (non-hydrogen) atoms. The van der Waals surface area contributed by atoms with Crippen molar-refractivity contribution in [2.75, 3.05) is 7.11 Å². The number of thiophene rings is 1. The number of hydrogen-bond donors (Lipinski definition) is 0. The molecule has 0 atom stereocenters. The van der Waals surface area contributed by atoms with Crippen LogP contribution in [0.5, 0.6) is 0 Å². The molecule has 0 aromatic carbocycles. The van der Waals surface area contributed by atoms with Crippen LogP contribution in [0.15, 0.2) is 11.1 Å². The third kappa shape index (κ3) is 3.44. The van der Waals surface area contributed by atoms with Crippen LogP contribution in [0.25, 0.3) is 0 Å². The maximum atomic E-state index is 11.6. The smallest absolute Gasteiger partial charge is 0.350 e. The van der Waals surface area contributed by atoms with Crippen LogP contribution in [-0.2, 0) is 10.2 Å². The van der Waals surface area contributed by atoms with E-state index in [4.69, 9.17) is 4.74 Å². The molecule has 92 valence electrons. The number of aliphatic imine (C=N–C) groups is 1. The van der Waals surface area contributed by atoms with Crippen LogP contribution in [0.1, 0.15) is 35.3 Å². The zero-order chi connectivity index (χ0) is 13.1. The highest BCUT2D eigenvalue weighted by molar-refractivity contribution is 7.80. The van der Waals surface area contributed by atoms with E-state index in [9.17, 15) is 4.79 Å². The Morgan fingerprint density at radius 3 is 2.65 bits per heavy atom. The lowest BCUT2D eigenvalue weighted by Crippen LogP contribution is -2.08. The SMILES string of the molecule is COC(=O)c1sc(C(C)(C)C)cc1N=CC=S. The molecule has 0 saturated heterocycles. The lowest BCUT2D eigenvalue weighted by molar-refractivity contribution is 0.0607. The second-order valence-electron chi connectivity index (χ2n) is 4.48. The van der Waals surface area contributed by atoms with E-state index >= 15 is 0 Å². The van der Waals surface area contributed by atoms with Gasteiger partial charge in [0.1, 0.15) is 4.88 Å². The van der Waals surface area contributed by atoms with E-state index in [1.54, 1.807) is 0 Å². The number of methoxy groups -OCH3 is 1. The lowest BCUT2D eigenvalue weighted by Gasteiger charge is -2.14. The molecule has 1 aromatic rings. The molecule has 3 nitrogen and oxygen atoms in total. The fraction of sp³-hybridized carbons (Fsp3) is 0.417. The molecular weight excluding hydrogens is 254 g/mol. The van der Waals surface area contributed by atoms with Crippen molar-refractivity contribution in [3.63, 3.8) is 0 Å². The van der Waals surface area contributed by atoms with Crippen molar-refractivity contribution >= 4 is 46.8 Å². The van der Waals surface area contributed by atoms with Crippen molar-refractivity contribution < 1.29 is 9.53 Å². The Kier molecular flexibility index (Phi) is 4.54. The van der Waals surface area contributed by atoms with Gasteiger partial charge in [-0.05, 0) is 11.5 Å². The number of esters is 1. The van der Waals surface area contributed by atoms with Crippen LogP contribution in [0.2, 0.25) is 0 Å². The van der Waals surface area contributed by atoms with Gasteiger partial charge in [-0.25, -0.2) is 4.79 Å². The summed E-state index contributed by atoms with van der Waals surface area (Å²) in [5.41, 5.74) is 0.603. The molecule has 1 heterocycles. The van der Waals surface area contributed by atoms with Crippen molar-refractivity contribution in [3.05, 3.63) is 15.8 Å². The molecule has 0 aliphatic carbocycles. The summed E-state index contributed by atoms with van der Waals surface area (Å²) in [5, 5.41) is 1.41. The largest absolute Gasteiger partial charge is 0.465 e.